The molecule has 1 atom stereocenters. The summed E-state index contributed by atoms with van der Waals surface area (Å²) in [5.74, 6) is -0.622. The van der Waals surface area contributed by atoms with E-state index in [1.165, 1.54) is 6.92 Å². The molecule has 0 spiro atoms. The van der Waals surface area contributed by atoms with Crippen LogP contribution in [0.5, 0.6) is 0 Å². The van der Waals surface area contributed by atoms with Crippen LogP contribution in [-0.4, -0.2) is 36.4 Å². The van der Waals surface area contributed by atoms with Gasteiger partial charge in [-0.2, -0.15) is 0 Å². The van der Waals surface area contributed by atoms with E-state index in [4.69, 9.17) is 9.84 Å². The van der Waals surface area contributed by atoms with Crippen molar-refractivity contribution in [1.82, 2.24) is 0 Å². The minimum atomic E-state index is -0.991. The fourth-order valence-electron chi connectivity index (χ4n) is 1.02. The topological polar surface area (TPSA) is 72.8 Å². The molecular weight excluding hydrogens is 236 g/mol. The first-order valence-electron chi connectivity index (χ1n) is 6.49. The number of rotatable bonds is 7. The van der Waals surface area contributed by atoms with Gasteiger partial charge in [0.25, 0.3) is 0 Å². The molecule has 1 unspecified atom stereocenters. The zero-order valence-corrected chi connectivity index (χ0v) is 11.9. The van der Waals surface area contributed by atoms with Crippen LogP contribution >= 0.6 is 0 Å². The van der Waals surface area contributed by atoms with Crippen molar-refractivity contribution >= 4 is 11.9 Å². The predicted molar refractivity (Wildman–Crippen MR) is 69.1 cm³/mol. The van der Waals surface area contributed by atoms with Gasteiger partial charge in [0.05, 0.1) is 13.2 Å². The van der Waals surface area contributed by atoms with E-state index in [-0.39, 0.29) is 5.97 Å². The molecule has 0 rings (SSSR count). The molecule has 0 amide bonds. The Morgan fingerprint density at radius 2 is 1.61 bits per heavy atom. The summed E-state index contributed by atoms with van der Waals surface area (Å²) in [5, 5.41) is 8.48. The van der Waals surface area contributed by atoms with Crippen molar-refractivity contribution < 1.29 is 24.2 Å². The number of unbranched alkanes of at least 4 members (excludes halogenated alkanes) is 2. The van der Waals surface area contributed by atoms with E-state index in [0.29, 0.717) is 19.6 Å². The predicted octanol–water partition coefficient (Wildman–Crippen LogP) is 2.06. The lowest BCUT2D eigenvalue weighted by Gasteiger charge is -2.01. The van der Waals surface area contributed by atoms with E-state index in [1.54, 1.807) is 6.92 Å². The number of hydrogen-bond acceptors (Lipinski definition) is 5. The van der Waals surface area contributed by atoms with E-state index < -0.39 is 12.1 Å². The second-order valence-electron chi connectivity index (χ2n) is 3.69. The number of esters is 2. The summed E-state index contributed by atoms with van der Waals surface area (Å²) in [5.41, 5.74) is 0. The van der Waals surface area contributed by atoms with Crippen LogP contribution in [0.4, 0.5) is 0 Å². The third-order valence-electron chi connectivity index (χ3n) is 1.92. The third-order valence-corrected chi connectivity index (χ3v) is 1.92. The Balaban J connectivity index is 0. The fourth-order valence-corrected chi connectivity index (χ4v) is 1.02. The van der Waals surface area contributed by atoms with E-state index in [9.17, 15) is 9.59 Å². The van der Waals surface area contributed by atoms with Crippen LogP contribution in [0.2, 0.25) is 0 Å². The molecule has 0 saturated carbocycles. The molecule has 18 heavy (non-hydrogen) atoms. The zero-order chi connectivity index (χ0) is 14.4. The second-order valence-corrected chi connectivity index (χ2v) is 3.69. The molecule has 0 radical (unpaired) electrons. The van der Waals surface area contributed by atoms with Crippen LogP contribution in [0.15, 0.2) is 0 Å². The summed E-state index contributed by atoms with van der Waals surface area (Å²) in [6.07, 6.45) is 2.84. The normalized spacial score (nSPS) is 10.9. The van der Waals surface area contributed by atoms with Gasteiger partial charge in [-0.3, -0.25) is 4.79 Å². The van der Waals surface area contributed by atoms with Crippen LogP contribution in [0.1, 0.15) is 53.4 Å². The van der Waals surface area contributed by atoms with Crippen LogP contribution in [0.3, 0.4) is 0 Å². The highest BCUT2D eigenvalue weighted by molar-refractivity contribution is 5.73. The number of ether oxygens (including phenoxy) is 2. The van der Waals surface area contributed by atoms with Gasteiger partial charge in [0.15, 0.2) is 0 Å². The Bertz CT molecular complexity index is 213. The molecule has 0 saturated heterocycles. The van der Waals surface area contributed by atoms with Gasteiger partial charge in [-0.25, -0.2) is 4.79 Å². The molecule has 0 aliphatic carbocycles. The maximum Gasteiger partial charge on any atom is 0.334 e. The van der Waals surface area contributed by atoms with Crippen molar-refractivity contribution in [3.8, 4) is 0 Å². The molecule has 108 valence electrons. The molecule has 0 aromatic rings. The van der Waals surface area contributed by atoms with E-state index in [0.717, 1.165) is 19.3 Å². The summed E-state index contributed by atoms with van der Waals surface area (Å²) in [6, 6.07) is 0. The van der Waals surface area contributed by atoms with Gasteiger partial charge in [-0.1, -0.05) is 19.8 Å². The third kappa shape index (κ3) is 14.9. The minimum absolute atomic E-state index is 0.0593. The second kappa shape index (κ2) is 14.0. The lowest BCUT2D eigenvalue weighted by atomic mass is 10.2. The number of hydrogen-bond donors (Lipinski definition) is 1. The van der Waals surface area contributed by atoms with Gasteiger partial charge in [0.2, 0.25) is 0 Å². The average molecular weight is 262 g/mol. The van der Waals surface area contributed by atoms with Gasteiger partial charge in [0, 0.05) is 6.42 Å². The van der Waals surface area contributed by atoms with E-state index in [1.807, 2.05) is 6.92 Å². The van der Waals surface area contributed by atoms with Crippen molar-refractivity contribution in [2.45, 2.75) is 59.5 Å². The molecule has 1 N–H and O–H groups in total. The zero-order valence-electron chi connectivity index (χ0n) is 11.9. The summed E-state index contributed by atoms with van der Waals surface area (Å²) < 4.78 is 9.16. The maximum absolute atomic E-state index is 10.7. The molecular formula is C13H26O5. The van der Waals surface area contributed by atoms with Crippen molar-refractivity contribution in [3.05, 3.63) is 0 Å². The lowest BCUT2D eigenvalue weighted by molar-refractivity contribution is -0.152. The Morgan fingerprint density at radius 3 is 1.94 bits per heavy atom. The summed E-state index contributed by atoms with van der Waals surface area (Å²) >= 11 is 0. The van der Waals surface area contributed by atoms with Gasteiger partial charge < -0.3 is 14.6 Å². The number of aliphatic hydroxyl groups is 1. The Hall–Kier alpha value is -1.10. The largest absolute Gasteiger partial charge is 0.466 e. The number of carbonyl (C=O) groups is 2. The SMILES string of the molecule is CCCCCC(=O)OCC.CCOC(=O)C(C)O. The van der Waals surface area contributed by atoms with Crippen molar-refractivity contribution in [3.63, 3.8) is 0 Å². The highest BCUT2D eigenvalue weighted by Crippen LogP contribution is 1.99. The molecule has 0 fully saturated rings. The molecule has 5 nitrogen and oxygen atoms in total. The first-order chi connectivity index (χ1) is 8.49. The maximum atomic E-state index is 10.7. The molecule has 0 bridgehead atoms. The fraction of sp³-hybridized carbons (Fsp3) is 0.846. The molecule has 0 aliphatic rings. The Kier molecular flexibility index (Phi) is 14.9. The van der Waals surface area contributed by atoms with Crippen molar-refractivity contribution in [2.75, 3.05) is 13.2 Å². The monoisotopic (exact) mass is 262 g/mol. The Morgan fingerprint density at radius 1 is 1.06 bits per heavy atom. The van der Waals surface area contributed by atoms with Crippen molar-refractivity contribution in [1.29, 1.82) is 0 Å². The van der Waals surface area contributed by atoms with Gasteiger partial charge in [0.1, 0.15) is 6.10 Å². The molecule has 0 aromatic heterocycles. The molecule has 0 heterocycles. The lowest BCUT2D eigenvalue weighted by Crippen LogP contribution is -2.18. The van der Waals surface area contributed by atoms with Crippen molar-refractivity contribution in [2.24, 2.45) is 0 Å². The highest BCUT2D eigenvalue weighted by Gasteiger charge is 2.07. The van der Waals surface area contributed by atoms with E-state index >= 15 is 0 Å². The van der Waals surface area contributed by atoms with Gasteiger partial charge in [-0.15, -0.1) is 0 Å². The number of carbonyl (C=O) groups excluding carboxylic acids is 2. The summed E-state index contributed by atoms with van der Waals surface area (Å²) in [7, 11) is 0. The van der Waals surface area contributed by atoms with Crippen LogP contribution in [-0.2, 0) is 19.1 Å². The first kappa shape index (κ1) is 19.2. The van der Waals surface area contributed by atoms with Gasteiger partial charge >= 0.3 is 11.9 Å². The van der Waals surface area contributed by atoms with Gasteiger partial charge in [-0.05, 0) is 27.2 Å². The molecule has 5 heteroatoms. The highest BCUT2D eigenvalue weighted by atomic mass is 16.5. The summed E-state index contributed by atoms with van der Waals surface area (Å²) in [4.78, 5) is 21.0. The van der Waals surface area contributed by atoms with Crippen LogP contribution in [0.25, 0.3) is 0 Å². The summed E-state index contributed by atoms with van der Waals surface area (Å²) in [6.45, 7) is 7.84. The molecule has 0 aliphatic heterocycles. The molecule has 0 aromatic carbocycles. The van der Waals surface area contributed by atoms with E-state index in [2.05, 4.69) is 11.7 Å². The minimum Gasteiger partial charge on any atom is -0.466 e. The Labute approximate surface area is 109 Å². The smallest absolute Gasteiger partial charge is 0.334 e. The average Bonchev–Trinajstić information content (AvgIpc) is 2.31. The quantitative estimate of drug-likeness (QED) is 0.561. The number of aliphatic hydroxyl groups excluding tert-OH is 1. The standard InChI is InChI=1S/C8H16O2.C5H10O3/c1-3-5-6-7-8(9)10-4-2;1-3-8-5(7)4(2)6/h3-7H2,1-2H3;4,6H,3H2,1-2H3. The van der Waals surface area contributed by atoms with Crippen LogP contribution in [0, 0.1) is 0 Å². The van der Waals surface area contributed by atoms with Crippen LogP contribution < -0.4 is 0 Å². The first-order valence-corrected chi connectivity index (χ1v) is 6.49.